The second-order valence-electron chi connectivity index (χ2n) is 3.24. The van der Waals surface area contributed by atoms with E-state index in [1.165, 1.54) is 0 Å². The molecule has 13 heavy (non-hydrogen) atoms. The Kier molecular flexibility index (Phi) is 3.25. The average Bonchev–Trinajstić information content (AvgIpc) is 2.27. The normalized spacial score (nSPS) is 29.2. The maximum absolute atomic E-state index is 10.7. The lowest BCUT2D eigenvalue weighted by Gasteiger charge is -2.16. The van der Waals surface area contributed by atoms with E-state index < -0.39 is 23.8 Å². The monoisotopic (exact) mass is 187 g/mol. The molecule has 1 aliphatic rings. The number of hydrogen-bond donors (Lipinski definition) is 3. The number of aliphatic carboxylic acids is 2. The fourth-order valence-electron chi connectivity index (χ4n) is 1.60. The van der Waals surface area contributed by atoms with Crippen molar-refractivity contribution in [3.63, 3.8) is 0 Å². The van der Waals surface area contributed by atoms with Gasteiger partial charge in [0.1, 0.15) is 0 Å². The molecule has 2 unspecified atom stereocenters. The van der Waals surface area contributed by atoms with Gasteiger partial charge in [0.2, 0.25) is 0 Å². The van der Waals surface area contributed by atoms with Crippen LogP contribution < -0.4 is 5.32 Å². The van der Waals surface area contributed by atoms with Gasteiger partial charge in [0.25, 0.3) is 0 Å². The summed E-state index contributed by atoms with van der Waals surface area (Å²) in [4.78, 5) is 21.4. The maximum atomic E-state index is 10.7. The van der Waals surface area contributed by atoms with Crippen LogP contribution in [0.25, 0.3) is 0 Å². The van der Waals surface area contributed by atoms with Gasteiger partial charge in [0.05, 0.1) is 11.8 Å². The first-order valence-corrected chi connectivity index (χ1v) is 4.29. The first kappa shape index (κ1) is 9.98. The lowest BCUT2D eigenvalue weighted by atomic mass is 9.89. The molecule has 2 atom stereocenters. The summed E-state index contributed by atoms with van der Waals surface area (Å²) in [6, 6.07) is 0. The molecule has 5 nitrogen and oxygen atoms in total. The van der Waals surface area contributed by atoms with Crippen molar-refractivity contribution in [1.82, 2.24) is 5.32 Å². The third kappa shape index (κ3) is 2.42. The zero-order chi connectivity index (χ0) is 9.84. The van der Waals surface area contributed by atoms with E-state index in [0.717, 1.165) is 6.42 Å². The SMILES string of the molecule is O=C(O)C1CCCNCC1C(=O)O. The summed E-state index contributed by atoms with van der Waals surface area (Å²) in [7, 11) is 0. The Hall–Kier alpha value is -1.10. The topological polar surface area (TPSA) is 86.6 Å². The largest absolute Gasteiger partial charge is 0.481 e. The van der Waals surface area contributed by atoms with Gasteiger partial charge in [-0.15, -0.1) is 0 Å². The van der Waals surface area contributed by atoms with Crippen LogP contribution in [0.5, 0.6) is 0 Å². The molecule has 0 amide bonds. The van der Waals surface area contributed by atoms with Crippen molar-refractivity contribution in [2.45, 2.75) is 12.8 Å². The average molecular weight is 187 g/mol. The molecular formula is C8H13NO4. The molecule has 5 heteroatoms. The zero-order valence-corrected chi connectivity index (χ0v) is 7.19. The van der Waals surface area contributed by atoms with Crippen molar-refractivity contribution in [2.24, 2.45) is 11.8 Å². The first-order valence-electron chi connectivity index (χ1n) is 4.29. The van der Waals surface area contributed by atoms with Gasteiger partial charge in [-0.1, -0.05) is 0 Å². The van der Waals surface area contributed by atoms with Crippen molar-refractivity contribution in [3.8, 4) is 0 Å². The minimum atomic E-state index is -1.03. The third-order valence-corrected chi connectivity index (χ3v) is 2.35. The first-order chi connectivity index (χ1) is 6.13. The Bertz CT molecular complexity index is 194. The van der Waals surface area contributed by atoms with Crippen molar-refractivity contribution >= 4 is 11.9 Å². The molecule has 0 aromatic heterocycles. The summed E-state index contributed by atoms with van der Waals surface area (Å²) in [5, 5.41) is 20.5. The van der Waals surface area contributed by atoms with Crippen molar-refractivity contribution in [3.05, 3.63) is 0 Å². The number of carboxylic acids is 2. The molecule has 0 aliphatic carbocycles. The molecule has 1 heterocycles. The highest BCUT2D eigenvalue weighted by Crippen LogP contribution is 2.20. The molecule has 3 N–H and O–H groups in total. The molecule has 0 aromatic carbocycles. The smallest absolute Gasteiger partial charge is 0.308 e. The van der Waals surface area contributed by atoms with E-state index in [4.69, 9.17) is 10.2 Å². The van der Waals surface area contributed by atoms with E-state index in [-0.39, 0.29) is 6.54 Å². The third-order valence-electron chi connectivity index (χ3n) is 2.35. The summed E-state index contributed by atoms with van der Waals surface area (Å²) in [6.07, 6.45) is 1.17. The molecule has 0 radical (unpaired) electrons. The summed E-state index contributed by atoms with van der Waals surface area (Å²) >= 11 is 0. The van der Waals surface area contributed by atoms with Gasteiger partial charge in [0.15, 0.2) is 0 Å². The summed E-state index contributed by atoms with van der Waals surface area (Å²) in [6.45, 7) is 0.958. The predicted molar refractivity (Wildman–Crippen MR) is 44.4 cm³/mol. The highest BCUT2D eigenvalue weighted by Gasteiger charge is 2.34. The van der Waals surface area contributed by atoms with Crippen LogP contribution >= 0.6 is 0 Å². The van der Waals surface area contributed by atoms with E-state index in [0.29, 0.717) is 13.0 Å². The minimum Gasteiger partial charge on any atom is -0.481 e. The standard InChI is InChI=1S/C8H13NO4/c10-7(11)5-2-1-3-9-4-6(5)8(12)13/h5-6,9H,1-4H2,(H,10,11)(H,12,13). The van der Waals surface area contributed by atoms with Gasteiger partial charge in [-0.2, -0.15) is 0 Å². The molecule has 1 aliphatic heterocycles. The fourth-order valence-corrected chi connectivity index (χ4v) is 1.60. The summed E-state index contributed by atoms with van der Waals surface area (Å²) < 4.78 is 0. The quantitative estimate of drug-likeness (QED) is 0.556. The molecule has 1 saturated heterocycles. The molecule has 74 valence electrons. The number of carbonyl (C=O) groups is 2. The molecule has 0 aromatic rings. The maximum Gasteiger partial charge on any atom is 0.308 e. The van der Waals surface area contributed by atoms with E-state index in [1.54, 1.807) is 0 Å². The van der Waals surface area contributed by atoms with E-state index >= 15 is 0 Å². The van der Waals surface area contributed by atoms with Crippen LogP contribution in [0.1, 0.15) is 12.8 Å². The number of carboxylic acid groups (broad SMARTS) is 2. The van der Waals surface area contributed by atoms with Crippen molar-refractivity contribution in [2.75, 3.05) is 13.1 Å². The molecular weight excluding hydrogens is 174 g/mol. The van der Waals surface area contributed by atoms with Crippen LogP contribution in [-0.4, -0.2) is 35.2 Å². The van der Waals surface area contributed by atoms with Crippen LogP contribution in [0.15, 0.2) is 0 Å². The van der Waals surface area contributed by atoms with Crippen LogP contribution in [0.3, 0.4) is 0 Å². The van der Waals surface area contributed by atoms with Gasteiger partial charge in [-0.05, 0) is 19.4 Å². The summed E-state index contributed by atoms with van der Waals surface area (Å²) in [5.74, 6) is -3.56. The molecule has 0 bridgehead atoms. The predicted octanol–water partition coefficient (Wildman–Crippen LogP) is -0.229. The zero-order valence-electron chi connectivity index (χ0n) is 7.19. The molecule has 1 fully saturated rings. The number of rotatable bonds is 2. The Labute approximate surface area is 75.7 Å². The number of nitrogens with one attached hydrogen (secondary N) is 1. The van der Waals surface area contributed by atoms with Crippen LogP contribution in [-0.2, 0) is 9.59 Å². The van der Waals surface area contributed by atoms with E-state index in [9.17, 15) is 9.59 Å². The van der Waals surface area contributed by atoms with Crippen molar-refractivity contribution < 1.29 is 19.8 Å². The van der Waals surface area contributed by atoms with Gasteiger partial charge >= 0.3 is 11.9 Å². The van der Waals surface area contributed by atoms with Gasteiger partial charge < -0.3 is 15.5 Å². The molecule has 0 saturated carbocycles. The van der Waals surface area contributed by atoms with Crippen LogP contribution in [0.2, 0.25) is 0 Å². The second kappa shape index (κ2) is 4.23. The Balaban J connectivity index is 2.72. The minimum absolute atomic E-state index is 0.256. The number of hydrogen-bond acceptors (Lipinski definition) is 3. The van der Waals surface area contributed by atoms with Gasteiger partial charge in [-0.25, -0.2) is 0 Å². The van der Waals surface area contributed by atoms with E-state index in [1.807, 2.05) is 0 Å². The van der Waals surface area contributed by atoms with Crippen LogP contribution in [0.4, 0.5) is 0 Å². The van der Waals surface area contributed by atoms with E-state index in [2.05, 4.69) is 5.32 Å². The lowest BCUT2D eigenvalue weighted by molar-refractivity contribution is -0.153. The van der Waals surface area contributed by atoms with Crippen molar-refractivity contribution in [1.29, 1.82) is 0 Å². The Morgan fingerprint density at radius 1 is 1.15 bits per heavy atom. The lowest BCUT2D eigenvalue weighted by Crippen LogP contribution is -2.34. The molecule has 1 rings (SSSR count). The fraction of sp³-hybridized carbons (Fsp3) is 0.750. The van der Waals surface area contributed by atoms with Gasteiger partial charge in [0, 0.05) is 6.54 Å². The Morgan fingerprint density at radius 2 is 1.77 bits per heavy atom. The Morgan fingerprint density at radius 3 is 2.31 bits per heavy atom. The summed E-state index contributed by atoms with van der Waals surface area (Å²) in [5.41, 5.74) is 0. The van der Waals surface area contributed by atoms with Crippen LogP contribution in [0, 0.1) is 11.8 Å². The van der Waals surface area contributed by atoms with Gasteiger partial charge in [-0.3, -0.25) is 9.59 Å². The second-order valence-corrected chi connectivity index (χ2v) is 3.24. The molecule has 0 spiro atoms. The highest BCUT2D eigenvalue weighted by atomic mass is 16.4. The highest BCUT2D eigenvalue weighted by molar-refractivity contribution is 5.80.